The summed E-state index contributed by atoms with van der Waals surface area (Å²) in [5.41, 5.74) is 0. The summed E-state index contributed by atoms with van der Waals surface area (Å²) in [7, 11) is 3.19. The standard InChI is InChI=1S/C2Br3Si/c3-1(4)2(5)6. The highest BCUT2D eigenvalue weighted by Crippen LogP contribution is 2.19. The lowest BCUT2D eigenvalue weighted by atomic mass is 11.3. The highest BCUT2D eigenvalue weighted by Gasteiger charge is 1.83. The quantitative estimate of drug-likeness (QED) is 0.602. The van der Waals surface area contributed by atoms with E-state index in [9.17, 15) is 0 Å². The van der Waals surface area contributed by atoms with Gasteiger partial charge < -0.3 is 0 Å². The molecule has 3 radical (unpaired) electrons. The molecule has 0 bridgehead atoms. The van der Waals surface area contributed by atoms with E-state index in [1.165, 1.54) is 0 Å². The Bertz CT molecular complexity index is 58.9. The summed E-state index contributed by atoms with van der Waals surface area (Å²) in [5, 5.41) is 0. The van der Waals surface area contributed by atoms with Crippen molar-refractivity contribution in [1.29, 1.82) is 0 Å². The third-order valence-electron chi connectivity index (χ3n) is 0.166. The molecule has 0 saturated carbocycles. The first kappa shape index (κ1) is 7.40. The van der Waals surface area contributed by atoms with Gasteiger partial charge in [0, 0.05) is 0 Å². The zero-order chi connectivity index (χ0) is 5.15. The maximum Gasteiger partial charge on any atom is 0.0841 e. The second kappa shape index (κ2) is 3.41. The lowest BCUT2D eigenvalue weighted by Crippen LogP contribution is -1.60. The predicted molar refractivity (Wildman–Crippen MR) is 39.6 cm³/mol. The van der Waals surface area contributed by atoms with Gasteiger partial charge in [-0.25, -0.2) is 0 Å². The highest BCUT2D eigenvalue weighted by molar-refractivity contribution is 9.29. The van der Waals surface area contributed by atoms with Gasteiger partial charge in [0.2, 0.25) is 0 Å². The van der Waals surface area contributed by atoms with Crippen molar-refractivity contribution in [2.75, 3.05) is 0 Å². The van der Waals surface area contributed by atoms with E-state index in [1.807, 2.05) is 0 Å². The molecular weight excluding hydrogens is 292 g/mol. The van der Waals surface area contributed by atoms with Crippen molar-refractivity contribution >= 4 is 58.0 Å². The van der Waals surface area contributed by atoms with E-state index in [1.54, 1.807) is 0 Å². The molecule has 6 heavy (non-hydrogen) atoms. The van der Waals surface area contributed by atoms with Gasteiger partial charge in [0.15, 0.2) is 0 Å². The zero-order valence-corrected chi connectivity index (χ0v) is 8.39. The number of rotatable bonds is 0. The normalized spacial score (nSPS) is 8.00. The topological polar surface area (TPSA) is 0 Å². The van der Waals surface area contributed by atoms with Gasteiger partial charge >= 0.3 is 0 Å². The fourth-order valence-electron chi connectivity index (χ4n) is 0. The molecule has 0 aromatic rings. The molecule has 0 aromatic heterocycles. The predicted octanol–water partition coefficient (Wildman–Crippen LogP) is 2.47. The van der Waals surface area contributed by atoms with Crippen molar-refractivity contribution in [2.24, 2.45) is 0 Å². The van der Waals surface area contributed by atoms with E-state index in [-0.39, 0.29) is 0 Å². The Labute approximate surface area is 65.2 Å². The van der Waals surface area contributed by atoms with Crippen LogP contribution in [0.4, 0.5) is 0 Å². The molecule has 0 rings (SSSR count). The average molecular weight is 292 g/mol. The van der Waals surface area contributed by atoms with Crippen molar-refractivity contribution in [3.05, 3.63) is 7.50 Å². The van der Waals surface area contributed by atoms with Gasteiger partial charge in [-0.3, -0.25) is 0 Å². The summed E-state index contributed by atoms with van der Waals surface area (Å²) in [6, 6.07) is 0. The van der Waals surface area contributed by atoms with Crippen LogP contribution in [-0.4, -0.2) is 10.2 Å². The average Bonchev–Trinajstić information content (AvgIpc) is 1.36. The molecule has 0 nitrogen and oxygen atoms in total. The highest BCUT2D eigenvalue weighted by atomic mass is 79.9. The van der Waals surface area contributed by atoms with Crippen molar-refractivity contribution in [2.45, 2.75) is 0 Å². The van der Waals surface area contributed by atoms with Gasteiger partial charge in [-0.15, -0.1) is 0 Å². The molecular formula is C2Br3Si. The molecule has 0 aromatic carbocycles. The Balaban J connectivity index is 3.68. The smallest absolute Gasteiger partial charge is 0.0598 e. The first-order chi connectivity index (χ1) is 2.64. The Morgan fingerprint density at radius 2 is 1.33 bits per heavy atom. The summed E-state index contributed by atoms with van der Waals surface area (Å²) in [6.07, 6.45) is 0. The lowest BCUT2D eigenvalue weighted by Gasteiger charge is -1.80. The minimum atomic E-state index is 0.877. The molecule has 0 aliphatic heterocycles. The van der Waals surface area contributed by atoms with Crippen LogP contribution in [0.25, 0.3) is 0 Å². The fourth-order valence-corrected chi connectivity index (χ4v) is 0. The summed E-state index contributed by atoms with van der Waals surface area (Å²) in [6.45, 7) is 0. The maximum absolute atomic E-state index is 3.19. The first-order valence-corrected chi connectivity index (χ1v) is 3.95. The molecule has 0 aliphatic carbocycles. The van der Waals surface area contributed by atoms with Gasteiger partial charge in [-0.1, -0.05) is 15.9 Å². The second-order valence-corrected chi connectivity index (χ2v) is 5.25. The Morgan fingerprint density at radius 1 is 1.17 bits per heavy atom. The van der Waals surface area contributed by atoms with Gasteiger partial charge in [-0.05, 0) is 36.0 Å². The van der Waals surface area contributed by atoms with Crippen LogP contribution in [0.1, 0.15) is 0 Å². The number of hydrogen-bond donors (Lipinski definition) is 0. The zero-order valence-electron chi connectivity index (χ0n) is 2.63. The van der Waals surface area contributed by atoms with E-state index < -0.39 is 0 Å². The molecule has 0 unspecified atom stereocenters. The molecule has 0 N–H and O–H groups in total. The minimum Gasteiger partial charge on any atom is -0.0598 e. The van der Waals surface area contributed by atoms with Crippen LogP contribution >= 0.6 is 47.8 Å². The first-order valence-electron chi connectivity index (χ1n) is 1.07. The molecule has 0 spiro atoms. The number of hydrogen-bond acceptors (Lipinski definition) is 0. The second-order valence-electron chi connectivity index (χ2n) is 0.574. The summed E-state index contributed by atoms with van der Waals surface area (Å²) in [5.74, 6) is 0. The van der Waals surface area contributed by atoms with Crippen molar-refractivity contribution in [3.63, 3.8) is 0 Å². The van der Waals surface area contributed by atoms with Gasteiger partial charge in [0.1, 0.15) is 0 Å². The summed E-state index contributed by atoms with van der Waals surface area (Å²) >= 11 is 9.42. The molecule has 4 heteroatoms. The molecule has 0 fully saturated rings. The van der Waals surface area contributed by atoms with Crippen LogP contribution < -0.4 is 0 Å². The third-order valence-corrected chi connectivity index (χ3v) is 3.40. The van der Waals surface area contributed by atoms with Crippen LogP contribution in [0, 0.1) is 0 Å². The monoisotopic (exact) mass is 289 g/mol. The molecule has 0 heterocycles. The minimum absolute atomic E-state index is 0.877. The summed E-state index contributed by atoms with van der Waals surface area (Å²) in [4.78, 5) is 0. The molecule has 0 atom stereocenters. The van der Waals surface area contributed by atoms with E-state index in [4.69, 9.17) is 0 Å². The van der Waals surface area contributed by atoms with Gasteiger partial charge in [0.25, 0.3) is 0 Å². The largest absolute Gasteiger partial charge is 0.0841 e. The van der Waals surface area contributed by atoms with Crippen LogP contribution in [0.15, 0.2) is 7.50 Å². The lowest BCUT2D eigenvalue weighted by molar-refractivity contribution is 2.42. The van der Waals surface area contributed by atoms with E-state index in [0.717, 1.165) is 7.50 Å². The van der Waals surface area contributed by atoms with E-state index >= 15 is 0 Å². The van der Waals surface area contributed by atoms with Crippen LogP contribution in [0.3, 0.4) is 0 Å². The third kappa shape index (κ3) is 3.58. The Hall–Kier alpha value is 1.40. The number of halogens is 3. The van der Waals surface area contributed by atoms with Gasteiger partial charge in [0.05, 0.1) is 13.6 Å². The van der Waals surface area contributed by atoms with E-state index in [2.05, 4.69) is 58.0 Å². The Kier molecular flexibility index (Phi) is 4.20. The van der Waals surface area contributed by atoms with E-state index in [0.29, 0.717) is 0 Å². The van der Waals surface area contributed by atoms with Crippen LogP contribution in [0.5, 0.6) is 0 Å². The molecule has 0 aliphatic rings. The Morgan fingerprint density at radius 3 is 1.33 bits per heavy atom. The SMILES string of the molecule is [Si]C(Br)=C(Br)Br. The molecule has 33 valence electrons. The fraction of sp³-hybridized carbons (Fsp3) is 0. The van der Waals surface area contributed by atoms with Crippen molar-refractivity contribution < 1.29 is 0 Å². The van der Waals surface area contributed by atoms with Crippen LogP contribution in [0.2, 0.25) is 0 Å². The van der Waals surface area contributed by atoms with Crippen molar-refractivity contribution in [1.82, 2.24) is 0 Å². The van der Waals surface area contributed by atoms with Crippen LogP contribution in [-0.2, 0) is 0 Å². The summed E-state index contributed by atoms with van der Waals surface area (Å²) < 4.78 is 1.76. The molecule has 0 saturated heterocycles. The molecule has 0 amide bonds. The van der Waals surface area contributed by atoms with Crippen molar-refractivity contribution in [3.8, 4) is 0 Å². The maximum atomic E-state index is 3.19. The van der Waals surface area contributed by atoms with Gasteiger partial charge in [-0.2, -0.15) is 0 Å².